The number of hydrogen-bond donors (Lipinski definition) is 2. The van der Waals surface area contributed by atoms with Gasteiger partial charge in [-0.2, -0.15) is 0 Å². The fourth-order valence-corrected chi connectivity index (χ4v) is 3.16. The molecule has 1 heterocycles. The number of imide groups is 2. The molecule has 1 unspecified atom stereocenters. The Morgan fingerprint density at radius 2 is 1.79 bits per heavy atom. The van der Waals surface area contributed by atoms with Crippen LogP contribution in [0.25, 0.3) is 6.08 Å². The van der Waals surface area contributed by atoms with E-state index >= 15 is 0 Å². The number of carbonyl (C=O) groups is 4. The van der Waals surface area contributed by atoms with Gasteiger partial charge in [0.05, 0.1) is 18.9 Å². The van der Waals surface area contributed by atoms with E-state index in [-0.39, 0.29) is 29.4 Å². The van der Waals surface area contributed by atoms with Crippen molar-refractivity contribution in [1.82, 2.24) is 5.32 Å². The van der Waals surface area contributed by atoms with Crippen molar-refractivity contribution < 1.29 is 38.5 Å². The molecular weight excluding hydrogens is 444 g/mol. The molecule has 3 rings (SSSR count). The second-order valence-corrected chi connectivity index (χ2v) is 7.13. The highest BCUT2D eigenvalue weighted by atomic mass is 16.5. The lowest BCUT2D eigenvalue weighted by molar-refractivity contribution is -0.144. The summed E-state index contributed by atoms with van der Waals surface area (Å²) in [5, 5.41) is 11.3. The number of ether oxygens (including phenoxy) is 3. The number of barbiturate groups is 1. The molecule has 2 aromatic carbocycles. The highest BCUT2D eigenvalue weighted by Gasteiger charge is 2.37. The predicted octanol–water partition coefficient (Wildman–Crippen LogP) is 3.00. The van der Waals surface area contributed by atoms with E-state index in [1.54, 1.807) is 32.0 Å². The molecular formula is C24H24N2O8. The van der Waals surface area contributed by atoms with Crippen LogP contribution < -0.4 is 24.4 Å². The van der Waals surface area contributed by atoms with Gasteiger partial charge in [-0.1, -0.05) is 12.1 Å². The van der Waals surface area contributed by atoms with E-state index in [0.717, 1.165) is 4.90 Å². The van der Waals surface area contributed by atoms with Crippen molar-refractivity contribution in [2.75, 3.05) is 18.1 Å². The number of benzene rings is 2. The summed E-state index contributed by atoms with van der Waals surface area (Å²) in [5.74, 6) is -1.88. The first-order chi connectivity index (χ1) is 16.2. The van der Waals surface area contributed by atoms with Gasteiger partial charge in [-0.3, -0.25) is 14.9 Å². The zero-order valence-corrected chi connectivity index (χ0v) is 18.9. The first-order valence-corrected chi connectivity index (χ1v) is 10.6. The van der Waals surface area contributed by atoms with Crippen LogP contribution in [0.15, 0.2) is 48.0 Å². The molecule has 178 valence electrons. The summed E-state index contributed by atoms with van der Waals surface area (Å²) in [5.41, 5.74) is 0.388. The van der Waals surface area contributed by atoms with Gasteiger partial charge in [-0.25, -0.2) is 14.5 Å². The molecule has 0 spiro atoms. The van der Waals surface area contributed by atoms with Crippen molar-refractivity contribution >= 4 is 35.6 Å². The summed E-state index contributed by atoms with van der Waals surface area (Å²) in [6, 6.07) is 10.1. The quantitative estimate of drug-likeness (QED) is 0.424. The normalized spacial score (nSPS) is 15.7. The Labute approximate surface area is 195 Å². The first-order valence-electron chi connectivity index (χ1n) is 10.6. The van der Waals surface area contributed by atoms with Crippen molar-refractivity contribution in [2.24, 2.45) is 0 Å². The van der Waals surface area contributed by atoms with E-state index in [9.17, 15) is 19.2 Å². The van der Waals surface area contributed by atoms with Gasteiger partial charge in [0.15, 0.2) is 17.6 Å². The molecule has 10 heteroatoms. The fraction of sp³-hybridized carbons (Fsp3) is 0.250. The molecule has 34 heavy (non-hydrogen) atoms. The highest BCUT2D eigenvalue weighted by molar-refractivity contribution is 6.39. The SMILES string of the molecule is CCOc1cccc(N2C(=O)NC(=O)/C(=C/c3ccc(OC(C)C(=O)O)c(OCC)c3)C2=O)c1. The molecule has 0 saturated carbocycles. The summed E-state index contributed by atoms with van der Waals surface area (Å²) in [6.45, 7) is 5.61. The number of nitrogens with one attached hydrogen (secondary N) is 1. The summed E-state index contributed by atoms with van der Waals surface area (Å²) in [6.07, 6.45) is 0.206. The number of aliphatic carboxylic acids is 1. The van der Waals surface area contributed by atoms with Gasteiger partial charge < -0.3 is 19.3 Å². The number of rotatable bonds is 9. The van der Waals surface area contributed by atoms with E-state index in [1.165, 1.54) is 37.3 Å². The number of carbonyl (C=O) groups excluding carboxylic acids is 3. The number of amides is 4. The molecule has 1 aliphatic heterocycles. The number of hydrogen-bond acceptors (Lipinski definition) is 7. The van der Waals surface area contributed by atoms with Gasteiger partial charge in [0.1, 0.15) is 11.3 Å². The number of carboxylic acid groups (broad SMARTS) is 1. The van der Waals surface area contributed by atoms with Crippen LogP contribution in [0.2, 0.25) is 0 Å². The van der Waals surface area contributed by atoms with E-state index in [2.05, 4.69) is 5.32 Å². The third kappa shape index (κ3) is 5.34. The summed E-state index contributed by atoms with van der Waals surface area (Å²) in [7, 11) is 0. The Balaban J connectivity index is 1.96. The number of nitrogens with zero attached hydrogens (tertiary/aromatic N) is 1. The lowest BCUT2D eigenvalue weighted by Gasteiger charge is -2.26. The molecule has 4 amide bonds. The lowest BCUT2D eigenvalue weighted by atomic mass is 10.1. The van der Waals surface area contributed by atoms with E-state index in [4.69, 9.17) is 19.3 Å². The average Bonchev–Trinajstić information content (AvgIpc) is 2.78. The van der Waals surface area contributed by atoms with Gasteiger partial charge in [0.2, 0.25) is 0 Å². The zero-order valence-electron chi connectivity index (χ0n) is 18.9. The molecule has 2 N–H and O–H groups in total. The summed E-state index contributed by atoms with van der Waals surface area (Å²) in [4.78, 5) is 50.0. The summed E-state index contributed by atoms with van der Waals surface area (Å²) < 4.78 is 16.4. The first kappa shape index (κ1) is 24.3. The third-order valence-corrected chi connectivity index (χ3v) is 4.72. The Kier molecular flexibility index (Phi) is 7.52. The Hall–Kier alpha value is -4.34. The molecule has 1 saturated heterocycles. The molecule has 1 atom stereocenters. The monoisotopic (exact) mass is 468 g/mol. The van der Waals surface area contributed by atoms with Crippen LogP contribution in [0.5, 0.6) is 17.2 Å². The Morgan fingerprint density at radius 1 is 1.06 bits per heavy atom. The molecule has 1 fully saturated rings. The minimum Gasteiger partial charge on any atom is -0.494 e. The molecule has 10 nitrogen and oxygen atoms in total. The van der Waals surface area contributed by atoms with Crippen molar-refractivity contribution in [3.63, 3.8) is 0 Å². The molecule has 0 aromatic heterocycles. The number of carboxylic acids is 1. The van der Waals surface area contributed by atoms with Gasteiger partial charge in [0.25, 0.3) is 11.8 Å². The minimum atomic E-state index is -1.14. The molecule has 0 bridgehead atoms. The third-order valence-electron chi connectivity index (χ3n) is 4.72. The van der Waals surface area contributed by atoms with Gasteiger partial charge in [-0.05, 0) is 56.7 Å². The maximum atomic E-state index is 13.1. The molecule has 0 aliphatic carbocycles. The average molecular weight is 468 g/mol. The van der Waals surface area contributed by atoms with Crippen LogP contribution >= 0.6 is 0 Å². The van der Waals surface area contributed by atoms with Crippen LogP contribution in [-0.2, 0) is 14.4 Å². The van der Waals surface area contributed by atoms with Crippen LogP contribution in [-0.4, -0.2) is 48.2 Å². The van der Waals surface area contributed by atoms with Crippen LogP contribution in [0.3, 0.4) is 0 Å². The second kappa shape index (κ2) is 10.5. The topological polar surface area (TPSA) is 131 Å². The minimum absolute atomic E-state index is 0.197. The number of anilines is 1. The highest BCUT2D eigenvalue weighted by Crippen LogP contribution is 2.31. The molecule has 0 radical (unpaired) electrons. The van der Waals surface area contributed by atoms with Crippen molar-refractivity contribution in [3.8, 4) is 17.2 Å². The van der Waals surface area contributed by atoms with Crippen LogP contribution in [0.4, 0.5) is 10.5 Å². The maximum Gasteiger partial charge on any atom is 0.344 e. The van der Waals surface area contributed by atoms with Gasteiger partial charge >= 0.3 is 12.0 Å². The zero-order chi connectivity index (χ0) is 24.8. The number of urea groups is 1. The van der Waals surface area contributed by atoms with E-state index in [1.807, 2.05) is 0 Å². The van der Waals surface area contributed by atoms with Crippen LogP contribution in [0.1, 0.15) is 26.3 Å². The van der Waals surface area contributed by atoms with Crippen LogP contribution in [0, 0.1) is 0 Å². The van der Waals surface area contributed by atoms with Gasteiger partial charge in [0, 0.05) is 6.07 Å². The maximum absolute atomic E-state index is 13.1. The van der Waals surface area contributed by atoms with Crippen molar-refractivity contribution in [1.29, 1.82) is 0 Å². The second-order valence-electron chi connectivity index (χ2n) is 7.13. The fourth-order valence-electron chi connectivity index (χ4n) is 3.16. The summed E-state index contributed by atoms with van der Waals surface area (Å²) >= 11 is 0. The molecule has 1 aliphatic rings. The van der Waals surface area contributed by atoms with Crippen molar-refractivity contribution in [2.45, 2.75) is 26.9 Å². The Bertz CT molecular complexity index is 1160. The Morgan fingerprint density at radius 3 is 2.47 bits per heavy atom. The van der Waals surface area contributed by atoms with E-state index in [0.29, 0.717) is 17.9 Å². The van der Waals surface area contributed by atoms with Gasteiger partial charge in [-0.15, -0.1) is 0 Å². The lowest BCUT2D eigenvalue weighted by Crippen LogP contribution is -2.54. The largest absolute Gasteiger partial charge is 0.494 e. The van der Waals surface area contributed by atoms with Crippen molar-refractivity contribution in [3.05, 3.63) is 53.6 Å². The standard InChI is InChI=1S/C24H24N2O8/c1-4-32-17-8-6-7-16(13-17)26-22(28)18(21(27)25-24(26)31)11-15-9-10-19(20(12-15)33-5-2)34-14(3)23(29)30/h6-14H,4-5H2,1-3H3,(H,29,30)(H,25,27,31)/b18-11-. The molecule has 2 aromatic rings. The predicted molar refractivity (Wildman–Crippen MR) is 122 cm³/mol. The smallest absolute Gasteiger partial charge is 0.344 e. The van der Waals surface area contributed by atoms with E-state index < -0.39 is 29.9 Å².